The molecule has 0 radical (unpaired) electrons. The smallest absolute Gasteiger partial charge is 0.244 e. The van der Waals surface area contributed by atoms with Crippen molar-refractivity contribution in [1.82, 2.24) is 15.3 Å². The average molecular weight is 335 g/mol. The number of amides is 1. The number of ether oxygens (including phenoxy) is 1. The van der Waals surface area contributed by atoms with Gasteiger partial charge < -0.3 is 14.5 Å². The molecular formula is C19H17N3O3. The fourth-order valence-electron chi connectivity index (χ4n) is 2.19. The van der Waals surface area contributed by atoms with Gasteiger partial charge in [0.05, 0.1) is 31.3 Å². The lowest BCUT2D eigenvalue weighted by atomic mass is 10.1. The molecule has 0 bridgehead atoms. The SMILES string of the molecule is COc1ccc(-c2cc(CNC(=O)/C=C/c3ccco3)ncn2)cc1. The van der Waals surface area contributed by atoms with Crippen LogP contribution < -0.4 is 10.1 Å². The van der Waals surface area contributed by atoms with E-state index >= 15 is 0 Å². The van der Waals surface area contributed by atoms with E-state index in [-0.39, 0.29) is 5.91 Å². The van der Waals surface area contributed by atoms with E-state index in [1.807, 2.05) is 30.3 Å². The first-order chi connectivity index (χ1) is 12.2. The Balaban J connectivity index is 1.62. The molecule has 0 saturated heterocycles. The van der Waals surface area contributed by atoms with Crippen molar-refractivity contribution in [2.75, 3.05) is 7.11 Å². The summed E-state index contributed by atoms with van der Waals surface area (Å²) in [5.41, 5.74) is 2.46. The number of carbonyl (C=O) groups is 1. The molecular weight excluding hydrogens is 318 g/mol. The van der Waals surface area contributed by atoms with Crippen molar-refractivity contribution in [3.05, 3.63) is 72.6 Å². The van der Waals surface area contributed by atoms with Crippen molar-refractivity contribution in [2.45, 2.75) is 6.54 Å². The number of furan rings is 1. The van der Waals surface area contributed by atoms with E-state index in [1.54, 1.807) is 31.6 Å². The number of benzene rings is 1. The summed E-state index contributed by atoms with van der Waals surface area (Å²) >= 11 is 0. The van der Waals surface area contributed by atoms with Gasteiger partial charge in [0.15, 0.2) is 0 Å². The summed E-state index contributed by atoms with van der Waals surface area (Å²) in [6.45, 7) is 0.313. The molecule has 3 rings (SSSR count). The second kappa shape index (κ2) is 7.92. The summed E-state index contributed by atoms with van der Waals surface area (Å²) < 4.78 is 10.3. The number of hydrogen-bond donors (Lipinski definition) is 1. The fraction of sp³-hybridized carbons (Fsp3) is 0.105. The summed E-state index contributed by atoms with van der Waals surface area (Å²) in [6, 6.07) is 13.0. The van der Waals surface area contributed by atoms with E-state index < -0.39 is 0 Å². The van der Waals surface area contributed by atoms with E-state index in [0.29, 0.717) is 12.3 Å². The number of hydrogen-bond acceptors (Lipinski definition) is 5. The lowest BCUT2D eigenvalue weighted by Gasteiger charge is -2.06. The number of aromatic nitrogens is 2. The molecule has 2 heterocycles. The van der Waals surface area contributed by atoms with Crippen molar-refractivity contribution >= 4 is 12.0 Å². The van der Waals surface area contributed by atoms with Crippen molar-refractivity contribution < 1.29 is 13.9 Å². The predicted octanol–water partition coefficient (Wildman–Crippen LogP) is 3.07. The van der Waals surface area contributed by atoms with Gasteiger partial charge in [-0.1, -0.05) is 0 Å². The van der Waals surface area contributed by atoms with Gasteiger partial charge in [-0.15, -0.1) is 0 Å². The molecule has 0 aliphatic rings. The third-order valence-electron chi connectivity index (χ3n) is 3.50. The molecule has 3 aromatic rings. The normalized spacial score (nSPS) is 10.8. The molecule has 0 aliphatic carbocycles. The van der Waals surface area contributed by atoms with Gasteiger partial charge >= 0.3 is 0 Å². The molecule has 1 aromatic carbocycles. The highest BCUT2D eigenvalue weighted by Crippen LogP contribution is 2.20. The van der Waals surface area contributed by atoms with Crippen molar-refractivity contribution in [2.24, 2.45) is 0 Å². The molecule has 0 atom stereocenters. The molecule has 0 aliphatic heterocycles. The van der Waals surface area contributed by atoms with Crippen molar-refractivity contribution in [3.8, 4) is 17.0 Å². The average Bonchev–Trinajstić information content (AvgIpc) is 3.19. The van der Waals surface area contributed by atoms with Crippen molar-refractivity contribution in [3.63, 3.8) is 0 Å². The minimum Gasteiger partial charge on any atom is -0.497 e. The monoisotopic (exact) mass is 335 g/mol. The van der Waals surface area contributed by atoms with Crippen LogP contribution in [0.15, 0.2) is 65.5 Å². The maximum atomic E-state index is 11.8. The standard InChI is InChI=1S/C19H17N3O3/c1-24-16-6-4-14(5-7-16)18-11-15(21-13-22-18)12-20-19(23)9-8-17-3-2-10-25-17/h2-11,13H,12H2,1H3,(H,20,23)/b9-8+. The van der Waals surface area contributed by atoms with E-state index in [4.69, 9.17) is 9.15 Å². The number of rotatable bonds is 6. The highest BCUT2D eigenvalue weighted by Gasteiger charge is 2.04. The summed E-state index contributed by atoms with van der Waals surface area (Å²) in [4.78, 5) is 20.3. The van der Waals surface area contributed by atoms with Crippen LogP contribution in [-0.2, 0) is 11.3 Å². The van der Waals surface area contributed by atoms with Crippen LogP contribution >= 0.6 is 0 Å². The Morgan fingerprint density at radius 3 is 2.80 bits per heavy atom. The van der Waals surface area contributed by atoms with Gasteiger partial charge in [0.25, 0.3) is 0 Å². The quantitative estimate of drug-likeness (QED) is 0.701. The van der Waals surface area contributed by atoms with Gasteiger partial charge in [-0.05, 0) is 48.5 Å². The first-order valence-electron chi connectivity index (χ1n) is 7.69. The minimum absolute atomic E-state index is 0.221. The van der Waals surface area contributed by atoms with Crippen molar-refractivity contribution in [1.29, 1.82) is 0 Å². The highest BCUT2D eigenvalue weighted by atomic mass is 16.5. The Morgan fingerprint density at radius 2 is 2.08 bits per heavy atom. The van der Waals surface area contributed by atoms with E-state index in [0.717, 1.165) is 22.7 Å². The Morgan fingerprint density at radius 1 is 1.24 bits per heavy atom. The number of nitrogens with zero attached hydrogens (tertiary/aromatic N) is 2. The zero-order valence-electron chi connectivity index (χ0n) is 13.7. The minimum atomic E-state index is -0.221. The van der Waals surface area contributed by atoms with Crippen LogP contribution in [0.4, 0.5) is 0 Å². The Bertz CT molecular complexity index is 856. The lowest BCUT2D eigenvalue weighted by molar-refractivity contribution is -0.116. The first kappa shape index (κ1) is 16.4. The zero-order chi connectivity index (χ0) is 17.5. The lowest BCUT2D eigenvalue weighted by Crippen LogP contribution is -2.20. The van der Waals surface area contributed by atoms with Crippen LogP contribution in [0.25, 0.3) is 17.3 Å². The van der Waals surface area contributed by atoms with Gasteiger partial charge in [-0.3, -0.25) is 4.79 Å². The van der Waals surface area contributed by atoms with E-state index in [2.05, 4.69) is 15.3 Å². The molecule has 25 heavy (non-hydrogen) atoms. The third kappa shape index (κ3) is 4.54. The molecule has 0 spiro atoms. The molecule has 0 unspecified atom stereocenters. The molecule has 6 heteroatoms. The predicted molar refractivity (Wildman–Crippen MR) is 93.6 cm³/mol. The van der Waals surface area contributed by atoms with Crippen LogP contribution in [0.2, 0.25) is 0 Å². The van der Waals surface area contributed by atoms with Crippen LogP contribution in [-0.4, -0.2) is 23.0 Å². The summed E-state index contributed by atoms with van der Waals surface area (Å²) in [7, 11) is 1.63. The highest BCUT2D eigenvalue weighted by molar-refractivity contribution is 5.91. The van der Waals surface area contributed by atoms with Crippen LogP contribution in [0.3, 0.4) is 0 Å². The molecule has 0 saturated carbocycles. The topological polar surface area (TPSA) is 77.2 Å². The Hall–Kier alpha value is -3.41. The molecule has 126 valence electrons. The summed E-state index contributed by atoms with van der Waals surface area (Å²) in [5, 5.41) is 2.78. The fourth-order valence-corrected chi connectivity index (χ4v) is 2.19. The number of nitrogens with one attached hydrogen (secondary N) is 1. The third-order valence-corrected chi connectivity index (χ3v) is 3.50. The number of methoxy groups -OCH3 is 1. The van der Waals surface area contributed by atoms with E-state index in [9.17, 15) is 4.79 Å². The summed E-state index contributed by atoms with van der Waals surface area (Å²) in [6.07, 6.45) is 6.07. The Kier molecular flexibility index (Phi) is 5.21. The first-order valence-corrected chi connectivity index (χ1v) is 7.69. The van der Waals surface area contributed by atoms with Crippen LogP contribution in [0.5, 0.6) is 5.75 Å². The molecule has 0 fully saturated rings. The second-order valence-corrected chi connectivity index (χ2v) is 5.19. The molecule has 1 amide bonds. The molecule has 2 aromatic heterocycles. The van der Waals surface area contributed by atoms with Gasteiger partial charge in [-0.2, -0.15) is 0 Å². The Labute approximate surface area is 145 Å². The zero-order valence-corrected chi connectivity index (χ0v) is 13.7. The van der Waals surface area contributed by atoms with Crippen LogP contribution in [0.1, 0.15) is 11.5 Å². The maximum Gasteiger partial charge on any atom is 0.244 e. The van der Waals surface area contributed by atoms with Gasteiger partial charge in [-0.25, -0.2) is 9.97 Å². The largest absolute Gasteiger partial charge is 0.497 e. The summed E-state index contributed by atoms with van der Waals surface area (Å²) in [5.74, 6) is 1.19. The van der Waals surface area contributed by atoms with Crippen LogP contribution in [0, 0.1) is 0 Å². The molecule has 6 nitrogen and oxygen atoms in total. The van der Waals surface area contributed by atoms with Gasteiger partial charge in [0.1, 0.15) is 17.8 Å². The molecule has 1 N–H and O–H groups in total. The van der Waals surface area contributed by atoms with E-state index in [1.165, 1.54) is 12.4 Å². The maximum absolute atomic E-state index is 11.8. The number of carbonyl (C=O) groups excluding carboxylic acids is 1. The van der Waals surface area contributed by atoms with Gasteiger partial charge in [0.2, 0.25) is 5.91 Å². The van der Waals surface area contributed by atoms with Gasteiger partial charge in [0, 0.05) is 11.6 Å². The second-order valence-electron chi connectivity index (χ2n) is 5.19.